The van der Waals surface area contributed by atoms with Crippen LogP contribution in [0.25, 0.3) is 10.2 Å². The van der Waals surface area contributed by atoms with Gasteiger partial charge in [-0.1, -0.05) is 36.5 Å². The molecule has 0 fully saturated rings. The number of benzene rings is 2. The Kier molecular flexibility index (Phi) is 5.51. The molecule has 9 heteroatoms. The average Bonchev–Trinajstić information content (AvgIpc) is 3.23. The summed E-state index contributed by atoms with van der Waals surface area (Å²) in [4.78, 5) is 54.9. The van der Waals surface area contributed by atoms with E-state index in [1.807, 2.05) is 25.1 Å². The number of esters is 1. The first-order valence-electron chi connectivity index (χ1n) is 9.64. The molecule has 0 spiro atoms. The zero-order valence-corrected chi connectivity index (χ0v) is 17.8. The summed E-state index contributed by atoms with van der Waals surface area (Å²) >= 11 is 1.26. The molecule has 1 aromatic heterocycles. The van der Waals surface area contributed by atoms with Crippen molar-refractivity contribution < 1.29 is 23.9 Å². The third-order valence-electron chi connectivity index (χ3n) is 5.06. The van der Waals surface area contributed by atoms with Gasteiger partial charge < -0.3 is 9.30 Å². The topological polar surface area (TPSA) is 98.0 Å². The van der Waals surface area contributed by atoms with Crippen molar-refractivity contribution in [2.24, 2.45) is 4.99 Å². The lowest BCUT2D eigenvalue weighted by atomic mass is 10.1. The minimum Gasteiger partial charge on any atom is -0.468 e. The van der Waals surface area contributed by atoms with E-state index in [1.165, 1.54) is 18.4 Å². The van der Waals surface area contributed by atoms with E-state index in [0.29, 0.717) is 4.80 Å². The normalized spacial score (nSPS) is 13.7. The molecule has 0 saturated heterocycles. The molecule has 1 aliphatic heterocycles. The van der Waals surface area contributed by atoms with Crippen LogP contribution in [0.3, 0.4) is 0 Å². The lowest BCUT2D eigenvalue weighted by Gasteiger charge is -2.10. The van der Waals surface area contributed by atoms with Gasteiger partial charge in [-0.2, -0.15) is 4.99 Å². The van der Waals surface area contributed by atoms with Crippen LogP contribution in [0.5, 0.6) is 0 Å². The predicted molar refractivity (Wildman–Crippen MR) is 114 cm³/mol. The fraction of sp³-hybridized carbons (Fsp3) is 0.227. The summed E-state index contributed by atoms with van der Waals surface area (Å²) in [7, 11) is 1.29. The molecule has 2 heterocycles. The maximum absolute atomic E-state index is 12.7. The molecule has 3 amide bonds. The van der Waals surface area contributed by atoms with Crippen LogP contribution in [0.1, 0.15) is 33.2 Å². The molecule has 0 radical (unpaired) electrons. The van der Waals surface area contributed by atoms with Crippen LogP contribution in [-0.2, 0) is 27.3 Å². The number of hydrogen-bond donors (Lipinski definition) is 0. The fourth-order valence-corrected chi connectivity index (χ4v) is 4.54. The Morgan fingerprint density at radius 2 is 1.71 bits per heavy atom. The molecule has 0 atom stereocenters. The molecule has 158 valence electrons. The number of imide groups is 1. The van der Waals surface area contributed by atoms with Crippen LogP contribution in [0.2, 0.25) is 0 Å². The molecule has 8 nitrogen and oxygen atoms in total. The number of ether oxygens (including phenoxy) is 1. The maximum atomic E-state index is 12.7. The monoisotopic (exact) mass is 437 g/mol. The molecule has 0 aliphatic carbocycles. The van der Waals surface area contributed by atoms with Crippen LogP contribution in [-0.4, -0.2) is 46.8 Å². The highest BCUT2D eigenvalue weighted by molar-refractivity contribution is 7.16. The van der Waals surface area contributed by atoms with Crippen molar-refractivity contribution in [2.45, 2.75) is 19.9 Å². The number of thiazole rings is 1. The van der Waals surface area contributed by atoms with Gasteiger partial charge in [-0.25, -0.2) is 0 Å². The molecule has 4 rings (SSSR count). The van der Waals surface area contributed by atoms with Gasteiger partial charge in [0.2, 0.25) is 0 Å². The minimum absolute atomic E-state index is 0.110. The molecule has 1 aliphatic rings. The van der Waals surface area contributed by atoms with Gasteiger partial charge in [0, 0.05) is 0 Å². The maximum Gasteiger partial charge on any atom is 0.325 e. The largest absolute Gasteiger partial charge is 0.468 e. The summed E-state index contributed by atoms with van der Waals surface area (Å²) in [5, 5.41) is 0. The standard InChI is InChI=1S/C22H19N3O5S/c1-3-13-8-9-16-17(10-13)31-22(24(16)12-19(27)30-2)23-18(26)11-25-20(28)14-6-4-5-7-15(14)21(25)29/h4-10H,3,11-12H2,1-2H3. The molecule has 0 N–H and O–H groups in total. The molecule has 2 aromatic carbocycles. The Morgan fingerprint density at radius 3 is 2.32 bits per heavy atom. The number of fused-ring (bicyclic) bond motifs is 2. The molecule has 0 unspecified atom stereocenters. The number of amides is 3. The third kappa shape index (κ3) is 3.79. The van der Waals surface area contributed by atoms with E-state index < -0.39 is 30.2 Å². The second-order valence-electron chi connectivity index (χ2n) is 6.95. The molecular weight excluding hydrogens is 418 g/mol. The highest BCUT2D eigenvalue weighted by Gasteiger charge is 2.36. The minimum atomic E-state index is -0.657. The van der Waals surface area contributed by atoms with Crippen molar-refractivity contribution in [1.82, 2.24) is 9.47 Å². The average molecular weight is 437 g/mol. The number of carbonyl (C=O) groups is 4. The summed E-state index contributed by atoms with van der Waals surface area (Å²) in [5.74, 6) is -2.17. The zero-order chi connectivity index (χ0) is 22.1. The van der Waals surface area contributed by atoms with Crippen LogP contribution in [0, 0.1) is 0 Å². The van der Waals surface area contributed by atoms with Crippen molar-refractivity contribution in [2.75, 3.05) is 13.7 Å². The Bertz CT molecular complexity index is 1270. The summed E-state index contributed by atoms with van der Waals surface area (Å²) < 4.78 is 7.24. The fourth-order valence-electron chi connectivity index (χ4n) is 3.43. The van der Waals surface area contributed by atoms with E-state index in [2.05, 4.69) is 4.99 Å². The first-order valence-corrected chi connectivity index (χ1v) is 10.5. The van der Waals surface area contributed by atoms with Gasteiger partial charge in [-0.15, -0.1) is 0 Å². The van der Waals surface area contributed by atoms with Gasteiger partial charge in [0.25, 0.3) is 17.7 Å². The van der Waals surface area contributed by atoms with E-state index in [0.717, 1.165) is 27.1 Å². The number of nitrogens with zero attached hydrogens (tertiary/aromatic N) is 3. The number of methoxy groups -OCH3 is 1. The Morgan fingerprint density at radius 1 is 1.03 bits per heavy atom. The van der Waals surface area contributed by atoms with Gasteiger partial charge in [0.15, 0.2) is 4.80 Å². The molecule has 0 saturated carbocycles. The predicted octanol–water partition coefficient (Wildman–Crippen LogP) is 2.16. The summed E-state index contributed by atoms with van der Waals surface area (Å²) in [6.45, 7) is 1.45. The van der Waals surface area contributed by atoms with E-state index >= 15 is 0 Å². The molecule has 0 bridgehead atoms. The summed E-state index contributed by atoms with van der Waals surface area (Å²) in [5.41, 5.74) is 2.41. The molecule has 31 heavy (non-hydrogen) atoms. The number of hydrogen-bond acceptors (Lipinski definition) is 6. The van der Waals surface area contributed by atoms with Crippen molar-refractivity contribution >= 4 is 45.2 Å². The zero-order valence-electron chi connectivity index (χ0n) is 17.0. The number of rotatable bonds is 5. The van der Waals surface area contributed by atoms with Gasteiger partial charge in [0.05, 0.1) is 28.5 Å². The second-order valence-corrected chi connectivity index (χ2v) is 7.96. The number of aryl methyl sites for hydroxylation is 1. The van der Waals surface area contributed by atoms with E-state index in [1.54, 1.807) is 28.8 Å². The smallest absolute Gasteiger partial charge is 0.325 e. The number of carbonyl (C=O) groups excluding carboxylic acids is 4. The Labute approximate surface area is 181 Å². The highest BCUT2D eigenvalue weighted by Crippen LogP contribution is 2.22. The molecule has 3 aromatic rings. The number of aromatic nitrogens is 1. The molecular formula is C22H19N3O5S. The SMILES string of the molecule is CCc1ccc2c(c1)sc(=NC(=O)CN1C(=O)c3ccccc3C1=O)n2CC(=O)OC. The summed E-state index contributed by atoms with van der Waals surface area (Å²) in [6.07, 6.45) is 0.843. The first-order chi connectivity index (χ1) is 14.9. The third-order valence-corrected chi connectivity index (χ3v) is 6.10. The van der Waals surface area contributed by atoms with Crippen LogP contribution < -0.4 is 4.80 Å². The quantitative estimate of drug-likeness (QED) is 0.450. The van der Waals surface area contributed by atoms with Crippen molar-refractivity contribution in [3.8, 4) is 0 Å². The summed E-state index contributed by atoms with van der Waals surface area (Å²) in [6, 6.07) is 12.3. The Balaban J connectivity index is 1.69. The van der Waals surface area contributed by atoms with E-state index in [-0.39, 0.29) is 17.7 Å². The van der Waals surface area contributed by atoms with E-state index in [9.17, 15) is 19.2 Å². The van der Waals surface area contributed by atoms with Gasteiger partial charge in [-0.3, -0.25) is 24.1 Å². The highest BCUT2D eigenvalue weighted by atomic mass is 32.1. The van der Waals surface area contributed by atoms with Crippen LogP contribution in [0.15, 0.2) is 47.5 Å². The Hall–Kier alpha value is -3.59. The first kappa shape index (κ1) is 20.7. The lowest BCUT2D eigenvalue weighted by Crippen LogP contribution is -2.35. The van der Waals surface area contributed by atoms with Crippen molar-refractivity contribution in [3.05, 3.63) is 64.0 Å². The van der Waals surface area contributed by atoms with Gasteiger partial charge in [0.1, 0.15) is 13.1 Å². The van der Waals surface area contributed by atoms with E-state index in [4.69, 9.17) is 4.74 Å². The van der Waals surface area contributed by atoms with Gasteiger partial charge >= 0.3 is 5.97 Å². The van der Waals surface area contributed by atoms with Crippen molar-refractivity contribution in [1.29, 1.82) is 0 Å². The lowest BCUT2D eigenvalue weighted by molar-refractivity contribution is -0.141. The van der Waals surface area contributed by atoms with Gasteiger partial charge in [-0.05, 0) is 36.2 Å². The van der Waals surface area contributed by atoms with Crippen LogP contribution >= 0.6 is 11.3 Å². The second kappa shape index (κ2) is 8.27. The van der Waals surface area contributed by atoms with Crippen molar-refractivity contribution in [3.63, 3.8) is 0 Å². The van der Waals surface area contributed by atoms with Crippen LogP contribution in [0.4, 0.5) is 0 Å².